The third-order valence-electron chi connectivity index (χ3n) is 6.18. The number of sulfonamides is 1. The molecule has 2 N–H and O–H groups in total. The van der Waals surface area contributed by atoms with Gasteiger partial charge in [0.15, 0.2) is 6.04 Å². The maximum absolute atomic E-state index is 13.9. The van der Waals surface area contributed by atoms with Crippen molar-refractivity contribution in [3.8, 4) is 0 Å². The highest BCUT2D eigenvalue weighted by Gasteiger charge is 2.40. The van der Waals surface area contributed by atoms with Crippen molar-refractivity contribution in [3.63, 3.8) is 0 Å². The minimum Gasteiger partial charge on any atom is -0.368 e. The van der Waals surface area contributed by atoms with Crippen molar-refractivity contribution in [2.75, 3.05) is 13.1 Å². The van der Waals surface area contributed by atoms with Gasteiger partial charge in [0.2, 0.25) is 5.91 Å². The highest BCUT2D eigenvalue weighted by Crippen LogP contribution is 2.31. The third-order valence-corrected chi connectivity index (χ3v) is 8.20. The zero-order valence-electron chi connectivity index (χ0n) is 19.2. The molecule has 0 unspecified atom stereocenters. The van der Waals surface area contributed by atoms with Crippen LogP contribution in [0.15, 0.2) is 77.7 Å². The van der Waals surface area contributed by atoms with Gasteiger partial charge in [-0.1, -0.05) is 54.9 Å². The minimum absolute atomic E-state index is 0.172. The number of carbonyl (C=O) groups excluding carboxylic acids is 2. The Labute approximate surface area is 210 Å². The van der Waals surface area contributed by atoms with E-state index in [1.54, 1.807) is 42.5 Å². The lowest BCUT2D eigenvalue weighted by atomic mass is 9.96. The maximum Gasteiger partial charge on any atom is 0.268 e. The zero-order chi connectivity index (χ0) is 25.2. The van der Waals surface area contributed by atoms with Crippen LogP contribution in [0, 0.1) is 0 Å². The number of benzene rings is 3. The van der Waals surface area contributed by atoms with Crippen LogP contribution in [-0.2, 0) is 27.8 Å². The molecule has 0 radical (unpaired) electrons. The van der Waals surface area contributed by atoms with E-state index < -0.39 is 27.9 Å². The number of rotatable bonds is 7. The normalized spacial score (nSPS) is 14.7. The number of carbonyl (C=O) groups is 2. The minimum atomic E-state index is -4.48. The van der Waals surface area contributed by atoms with Gasteiger partial charge in [0.25, 0.3) is 15.9 Å². The molecule has 0 saturated heterocycles. The van der Waals surface area contributed by atoms with Gasteiger partial charge in [0.1, 0.15) is 0 Å². The van der Waals surface area contributed by atoms with Gasteiger partial charge >= 0.3 is 0 Å². The summed E-state index contributed by atoms with van der Waals surface area (Å²) in [6.07, 6.45) is 0.742. The van der Waals surface area contributed by atoms with Gasteiger partial charge in [-0.15, -0.1) is 0 Å². The van der Waals surface area contributed by atoms with Gasteiger partial charge in [0, 0.05) is 23.7 Å². The molecule has 1 heterocycles. The topological polar surface area (TPSA) is 101 Å². The van der Waals surface area contributed by atoms with Crippen LogP contribution in [0.2, 0.25) is 5.02 Å². The van der Waals surface area contributed by atoms with E-state index in [0.717, 1.165) is 37.2 Å². The molecule has 1 atom stereocenters. The SMILES string of the molecule is CCN1CCc2cc(C(=O)N([C@@H](C(N)=O)c3ccccc3)S(=O)(=O)c3ccc(Cl)cc3)ccc2C1. The van der Waals surface area contributed by atoms with E-state index in [0.29, 0.717) is 14.9 Å². The largest absolute Gasteiger partial charge is 0.368 e. The van der Waals surface area contributed by atoms with E-state index >= 15 is 0 Å². The first-order chi connectivity index (χ1) is 16.7. The van der Waals surface area contributed by atoms with Crippen LogP contribution < -0.4 is 5.73 Å². The molecule has 182 valence electrons. The summed E-state index contributed by atoms with van der Waals surface area (Å²) in [5, 5.41) is 0.340. The van der Waals surface area contributed by atoms with Crippen molar-refractivity contribution in [1.29, 1.82) is 0 Å². The van der Waals surface area contributed by atoms with E-state index in [9.17, 15) is 18.0 Å². The predicted molar refractivity (Wildman–Crippen MR) is 134 cm³/mol. The summed E-state index contributed by atoms with van der Waals surface area (Å²) in [5.41, 5.74) is 8.25. The first kappa shape index (κ1) is 24.9. The molecule has 0 bridgehead atoms. The molecule has 1 aliphatic heterocycles. The van der Waals surface area contributed by atoms with Crippen molar-refractivity contribution in [2.45, 2.75) is 30.8 Å². The van der Waals surface area contributed by atoms with Crippen LogP contribution >= 0.6 is 11.6 Å². The standard InChI is InChI=1S/C26H26ClN3O4S/c1-2-29-15-14-19-16-20(8-9-21(19)17-29)26(32)30(24(25(28)31)18-6-4-3-5-7-18)35(33,34)23-12-10-22(27)11-13-23/h3-13,16,24H,2,14-15,17H2,1H3,(H2,28,31)/t24-/m1/s1. The number of amides is 2. The van der Waals surface area contributed by atoms with Crippen molar-refractivity contribution in [1.82, 2.24) is 9.21 Å². The summed E-state index contributed by atoms with van der Waals surface area (Å²) in [4.78, 5) is 28.6. The quantitative estimate of drug-likeness (QED) is 0.520. The number of hydrogen-bond donors (Lipinski definition) is 1. The molecule has 0 saturated carbocycles. The van der Waals surface area contributed by atoms with Gasteiger partial charge in [-0.2, -0.15) is 0 Å². The molecular formula is C26H26ClN3O4S. The Morgan fingerprint density at radius 3 is 2.34 bits per heavy atom. The van der Waals surface area contributed by atoms with E-state index in [2.05, 4.69) is 11.8 Å². The zero-order valence-corrected chi connectivity index (χ0v) is 20.8. The second-order valence-electron chi connectivity index (χ2n) is 8.38. The molecule has 1 aliphatic rings. The Bertz CT molecular complexity index is 1340. The Kier molecular flexibility index (Phi) is 7.25. The summed E-state index contributed by atoms with van der Waals surface area (Å²) < 4.78 is 28.2. The number of halogens is 1. The second kappa shape index (κ2) is 10.2. The summed E-state index contributed by atoms with van der Waals surface area (Å²) in [5.74, 6) is -1.79. The highest BCUT2D eigenvalue weighted by atomic mass is 35.5. The van der Waals surface area contributed by atoms with E-state index in [-0.39, 0.29) is 10.5 Å². The van der Waals surface area contributed by atoms with Crippen molar-refractivity contribution >= 4 is 33.4 Å². The molecule has 2 amide bonds. The number of primary amides is 1. The molecule has 9 heteroatoms. The van der Waals surface area contributed by atoms with Crippen LogP contribution in [0.5, 0.6) is 0 Å². The third kappa shape index (κ3) is 5.10. The van der Waals surface area contributed by atoms with Crippen LogP contribution in [0.25, 0.3) is 0 Å². The van der Waals surface area contributed by atoms with Crippen LogP contribution in [0.4, 0.5) is 0 Å². The van der Waals surface area contributed by atoms with Crippen LogP contribution in [0.1, 0.15) is 40.0 Å². The molecule has 3 aromatic rings. The summed E-state index contributed by atoms with van der Waals surface area (Å²) in [6.45, 7) is 4.63. The van der Waals surface area contributed by atoms with Gasteiger partial charge in [0.05, 0.1) is 4.90 Å². The number of nitrogens with zero attached hydrogens (tertiary/aromatic N) is 2. The van der Waals surface area contributed by atoms with E-state index in [1.165, 1.54) is 24.3 Å². The average Bonchev–Trinajstić information content (AvgIpc) is 2.86. The Morgan fingerprint density at radius 2 is 1.71 bits per heavy atom. The van der Waals surface area contributed by atoms with E-state index in [1.807, 2.05) is 6.07 Å². The van der Waals surface area contributed by atoms with Crippen molar-refractivity contribution < 1.29 is 18.0 Å². The first-order valence-corrected chi connectivity index (χ1v) is 13.1. The molecule has 0 fully saturated rings. The predicted octanol–water partition coefficient (Wildman–Crippen LogP) is 3.78. The lowest BCUT2D eigenvalue weighted by molar-refractivity contribution is -0.121. The molecule has 0 spiro atoms. The van der Waals surface area contributed by atoms with Crippen molar-refractivity contribution in [2.24, 2.45) is 5.73 Å². The van der Waals surface area contributed by atoms with Crippen LogP contribution in [0.3, 0.4) is 0 Å². The number of hydrogen-bond acceptors (Lipinski definition) is 5. The van der Waals surface area contributed by atoms with Gasteiger partial charge < -0.3 is 5.73 Å². The fraction of sp³-hybridized carbons (Fsp3) is 0.231. The van der Waals surface area contributed by atoms with Gasteiger partial charge in [-0.25, -0.2) is 12.7 Å². The van der Waals surface area contributed by atoms with Crippen LogP contribution in [-0.4, -0.2) is 42.5 Å². The lowest BCUT2D eigenvalue weighted by Gasteiger charge is -2.31. The van der Waals surface area contributed by atoms with Crippen molar-refractivity contribution in [3.05, 3.63) is 100 Å². The summed E-state index contributed by atoms with van der Waals surface area (Å²) in [6, 6.07) is 17.2. The Balaban J connectivity index is 1.84. The molecular weight excluding hydrogens is 486 g/mol. The summed E-state index contributed by atoms with van der Waals surface area (Å²) >= 11 is 5.94. The Hall–Kier alpha value is -3.20. The molecule has 3 aromatic carbocycles. The molecule has 0 aromatic heterocycles. The van der Waals surface area contributed by atoms with Gasteiger partial charge in [-0.05, 0) is 66.1 Å². The highest BCUT2D eigenvalue weighted by molar-refractivity contribution is 7.89. The molecule has 4 rings (SSSR count). The Morgan fingerprint density at radius 1 is 1.03 bits per heavy atom. The number of nitrogens with two attached hydrogens (primary N) is 1. The number of likely N-dealkylation sites (N-methyl/N-ethyl adjacent to an activating group) is 1. The average molecular weight is 512 g/mol. The fourth-order valence-electron chi connectivity index (χ4n) is 4.28. The lowest BCUT2D eigenvalue weighted by Crippen LogP contribution is -2.45. The van der Waals surface area contributed by atoms with Gasteiger partial charge in [-0.3, -0.25) is 14.5 Å². The molecule has 7 nitrogen and oxygen atoms in total. The summed E-state index contributed by atoms with van der Waals surface area (Å²) in [7, 11) is -4.48. The molecule has 35 heavy (non-hydrogen) atoms. The monoisotopic (exact) mass is 511 g/mol. The van der Waals surface area contributed by atoms with E-state index in [4.69, 9.17) is 17.3 Å². The number of fused-ring (bicyclic) bond motifs is 1. The fourth-order valence-corrected chi connectivity index (χ4v) is 5.94. The second-order valence-corrected chi connectivity index (χ2v) is 10.6. The maximum atomic E-state index is 13.9. The smallest absolute Gasteiger partial charge is 0.268 e. The first-order valence-electron chi connectivity index (χ1n) is 11.2. The molecule has 0 aliphatic carbocycles.